The highest BCUT2D eigenvalue weighted by Crippen LogP contribution is 2.22. The largest absolute Gasteiger partial charge is 0.497 e. The molecular formula is C19H29ClN4O. The van der Waals surface area contributed by atoms with Gasteiger partial charge in [-0.3, -0.25) is 9.89 Å². The molecule has 6 heteroatoms. The van der Waals surface area contributed by atoms with Gasteiger partial charge < -0.3 is 15.4 Å². The molecule has 0 radical (unpaired) electrons. The fourth-order valence-electron chi connectivity index (χ4n) is 3.00. The van der Waals surface area contributed by atoms with Crippen LogP contribution in [0.3, 0.4) is 0 Å². The van der Waals surface area contributed by atoms with E-state index in [1.54, 1.807) is 7.11 Å². The summed E-state index contributed by atoms with van der Waals surface area (Å²) in [5.41, 5.74) is 1.10. The molecule has 0 aliphatic carbocycles. The second-order valence-corrected chi connectivity index (χ2v) is 6.62. The number of nitrogens with zero attached hydrogens (tertiary/aromatic N) is 2. The molecule has 1 aliphatic heterocycles. The van der Waals surface area contributed by atoms with E-state index in [2.05, 4.69) is 27.1 Å². The van der Waals surface area contributed by atoms with E-state index in [1.165, 1.54) is 0 Å². The maximum Gasteiger partial charge on any atom is 0.191 e. The number of rotatable bonds is 7. The summed E-state index contributed by atoms with van der Waals surface area (Å²) in [7, 11) is 3.45. The molecular weight excluding hydrogens is 336 g/mol. The first-order chi connectivity index (χ1) is 12.2. The third-order valence-corrected chi connectivity index (χ3v) is 4.84. The summed E-state index contributed by atoms with van der Waals surface area (Å²) in [6.45, 7) is 7.76. The molecule has 0 saturated carbocycles. The first-order valence-corrected chi connectivity index (χ1v) is 9.17. The van der Waals surface area contributed by atoms with Gasteiger partial charge in [0.1, 0.15) is 5.75 Å². The third-order valence-electron chi connectivity index (χ3n) is 4.49. The number of methoxy groups -OCH3 is 1. The van der Waals surface area contributed by atoms with Gasteiger partial charge in [-0.1, -0.05) is 23.7 Å². The Morgan fingerprint density at radius 1 is 1.44 bits per heavy atom. The minimum absolute atomic E-state index is 0.469. The number of guanidine groups is 1. The predicted molar refractivity (Wildman–Crippen MR) is 106 cm³/mol. The van der Waals surface area contributed by atoms with Crippen molar-refractivity contribution >= 4 is 17.6 Å². The Morgan fingerprint density at radius 3 is 2.80 bits per heavy atom. The van der Waals surface area contributed by atoms with Crippen LogP contribution < -0.4 is 15.4 Å². The molecule has 1 saturated heterocycles. The Hall–Kier alpha value is -1.72. The van der Waals surface area contributed by atoms with Crippen molar-refractivity contribution in [3.8, 4) is 5.75 Å². The number of hydrogen-bond donors (Lipinski definition) is 2. The number of ether oxygens (including phenoxy) is 1. The summed E-state index contributed by atoms with van der Waals surface area (Å²) >= 11 is 6.29. The predicted octanol–water partition coefficient (Wildman–Crippen LogP) is 2.71. The molecule has 0 atom stereocenters. The highest BCUT2D eigenvalue weighted by Gasteiger charge is 2.18. The standard InChI is InChI=1S/C19H29ClN4O/c1-4-11-24-12-8-16(9-13-24)23-19(21-2)22-10-7-15-5-6-17(25-3)14-18(15)20/h4-6,14,16H,1,7-13H2,2-3H3,(H2,21,22,23). The van der Waals surface area contributed by atoms with Crippen LogP contribution in [0.2, 0.25) is 5.02 Å². The van der Waals surface area contributed by atoms with E-state index in [-0.39, 0.29) is 0 Å². The lowest BCUT2D eigenvalue weighted by molar-refractivity contribution is 0.225. The fourth-order valence-corrected chi connectivity index (χ4v) is 3.27. The molecule has 5 nitrogen and oxygen atoms in total. The lowest BCUT2D eigenvalue weighted by Gasteiger charge is -2.32. The zero-order valence-electron chi connectivity index (χ0n) is 15.2. The monoisotopic (exact) mass is 364 g/mol. The maximum absolute atomic E-state index is 6.29. The van der Waals surface area contributed by atoms with Gasteiger partial charge >= 0.3 is 0 Å². The lowest BCUT2D eigenvalue weighted by Crippen LogP contribution is -2.49. The zero-order chi connectivity index (χ0) is 18.1. The van der Waals surface area contributed by atoms with E-state index in [9.17, 15) is 0 Å². The molecule has 1 aliphatic rings. The highest BCUT2D eigenvalue weighted by atomic mass is 35.5. The van der Waals surface area contributed by atoms with E-state index >= 15 is 0 Å². The van der Waals surface area contributed by atoms with Gasteiger partial charge in [-0.05, 0) is 37.0 Å². The summed E-state index contributed by atoms with van der Waals surface area (Å²) in [5.74, 6) is 1.63. The zero-order valence-corrected chi connectivity index (χ0v) is 16.0. The van der Waals surface area contributed by atoms with E-state index in [4.69, 9.17) is 16.3 Å². The molecule has 25 heavy (non-hydrogen) atoms. The van der Waals surface area contributed by atoms with Gasteiger partial charge in [0.25, 0.3) is 0 Å². The second-order valence-electron chi connectivity index (χ2n) is 6.21. The van der Waals surface area contributed by atoms with Crippen molar-refractivity contribution in [2.24, 2.45) is 4.99 Å². The molecule has 1 aromatic carbocycles. The first kappa shape index (κ1) is 19.6. The van der Waals surface area contributed by atoms with Crippen molar-refractivity contribution in [3.05, 3.63) is 41.4 Å². The van der Waals surface area contributed by atoms with Crippen LogP contribution >= 0.6 is 11.6 Å². The van der Waals surface area contributed by atoms with Gasteiger partial charge in [0.2, 0.25) is 0 Å². The number of halogens is 1. The molecule has 1 fully saturated rings. The number of piperidine rings is 1. The van der Waals surface area contributed by atoms with Crippen molar-refractivity contribution < 1.29 is 4.74 Å². The van der Waals surface area contributed by atoms with Crippen molar-refractivity contribution in [3.63, 3.8) is 0 Å². The number of likely N-dealkylation sites (tertiary alicyclic amines) is 1. The molecule has 0 amide bonds. The van der Waals surface area contributed by atoms with Gasteiger partial charge in [0.15, 0.2) is 5.96 Å². The maximum atomic E-state index is 6.29. The van der Waals surface area contributed by atoms with Gasteiger partial charge in [-0.25, -0.2) is 0 Å². The van der Waals surface area contributed by atoms with Crippen LogP contribution in [-0.4, -0.2) is 57.2 Å². The first-order valence-electron chi connectivity index (χ1n) is 8.79. The van der Waals surface area contributed by atoms with Gasteiger partial charge in [0, 0.05) is 44.3 Å². The summed E-state index contributed by atoms with van der Waals surface area (Å²) < 4.78 is 5.18. The van der Waals surface area contributed by atoms with Crippen molar-refractivity contribution in [1.29, 1.82) is 0 Å². The van der Waals surface area contributed by atoms with Crippen LogP contribution in [0.15, 0.2) is 35.8 Å². The van der Waals surface area contributed by atoms with Crippen LogP contribution in [0.25, 0.3) is 0 Å². The third kappa shape index (κ3) is 6.25. The molecule has 2 rings (SSSR count). The quantitative estimate of drug-likeness (QED) is 0.443. The Kier molecular flexibility index (Phi) is 8.09. The summed E-state index contributed by atoms with van der Waals surface area (Å²) in [5, 5.41) is 7.63. The number of hydrogen-bond acceptors (Lipinski definition) is 3. The Morgan fingerprint density at radius 2 is 2.20 bits per heavy atom. The molecule has 0 aromatic heterocycles. The van der Waals surface area contributed by atoms with E-state index in [1.807, 2.05) is 31.3 Å². The van der Waals surface area contributed by atoms with Crippen LogP contribution in [0, 0.1) is 0 Å². The van der Waals surface area contributed by atoms with E-state index in [0.717, 1.165) is 67.7 Å². The van der Waals surface area contributed by atoms with Crippen LogP contribution in [0.5, 0.6) is 5.75 Å². The van der Waals surface area contributed by atoms with Crippen molar-refractivity contribution in [1.82, 2.24) is 15.5 Å². The van der Waals surface area contributed by atoms with Gasteiger partial charge in [0.05, 0.1) is 7.11 Å². The minimum Gasteiger partial charge on any atom is -0.497 e. The molecule has 0 bridgehead atoms. The van der Waals surface area contributed by atoms with Crippen LogP contribution in [0.4, 0.5) is 0 Å². The Balaban J connectivity index is 1.75. The Bertz CT molecular complexity index is 583. The van der Waals surface area contributed by atoms with E-state index < -0.39 is 0 Å². The number of benzene rings is 1. The number of nitrogens with one attached hydrogen (secondary N) is 2. The van der Waals surface area contributed by atoms with Crippen LogP contribution in [-0.2, 0) is 6.42 Å². The average Bonchev–Trinajstić information content (AvgIpc) is 2.63. The SMILES string of the molecule is C=CCN1CCC(NC(=NC)NCCc2ccc(OC)cc2Cl)CC1. The molecule has 138 valence electrons. The summed E-state index contributed by atoms with van der Waals surface area (Å²) in [6, 6.07) is 6.26. The lowest BCUT2D eigenvalue weighted by atomic mass is 10.1. The highest BCUT2D eigenvalue weighted by molar-refractivity contribution is 6.31. The molecule has 1 aromatic rings. The average molecular weight is 365 g/mol. The fraction of sp³-hybridized carbons (Fsp3) is 0.526. The van der Waals surface area contributed by atoms with E-state index in [0.29, 0.717) is 6.04 Å². The smallest absolute Gasteiger partial charge is 0.191 e. The summed E-state index contributed by atoms with van der Waals surface area (Å²) in [4.78, 5) is 6.75. The number of aliphatic imine (C=N–C) groups is 1. The van der Waals surface area contributed by atoms with Crippen molar-refractivity contribution in [2.75, 3.05) is 40.3 Å². The normalized spacial score (nSPS) is 16.5. The second kappa shape index (κ2) is 10.3. The Labute approximate surface area is 156 Å². The van der Waals surface area contributed by atoms with Gasteiger partial charge in [-0.2, -0.15) is 0 Å². The molecule has 0 spiro atoms. The topological polar surface area (TPSA) is 48.9 Å². The summed E-state index contributed by atoms with van der Waals surface area (Å²) in [6.07, 6.45) is 5.05. The van der Waals surface area contributed by atoms with Crippen LogP contribution in [0.1, 0.15) is 18.4 Å². The molecule has 0 unspecified atom stereocenters. The molecule has 2 N–H and O–H groups in total. The minimum atomic E-state index is 0.469. The molecule has 1 heterocycles. The van der Waals surface area contributed by atoms with Gasteiger partial charge in [-0.15, -0.1) is 6.58 Å². The van der Waals surface area contributed by atoms with Crippen molar-refractivity contribution in [2.45, 2.75) is 25.3 Å².